The Bertz CT molecular complexity index is 305. The lowest BCUT2D eigenvalue weighted by molar-refractivity contribution is 0.0453. The predicted octanol–water partition coefficient (Wildman–Crippen LogP) is 2.48. The summed E-state index contributed by atoms with van der Waals surface area (Å²) in [7, 11) is 0. The minimum absolute atomic E-state index is 0.536. The van der Waals surface area contributed by atoms with Crippen molar-refractivity contribution in [2.45, 2.75) is 13.5 Å². The van der Waals surface area contributed by atoms with Crippen LogP contribution in [-0.4, -0.2) is 19.8 Å². The van der Waals surface area contributed by atoms with Crippen molar-refractivity contribution in [3.05, 3.63) is 28.8 Å². The van der Waals surface area contributed by atoms with Crippen molar-refractivity contribution >= 4 is 17.3 Å². The van der Waals surface area contributed by atoms with Gasteiger partial charge in [0.15, 0.2) is 0 Å². The van der Waals surface area contributed by atoms with Crippen molar-refractivity contribution < 1.29 is 9.47 Å². The molecule has 0 saturated carbocycles. The summed E-state index contributed by atoms with van der Waals surface area (Å²) >= 11 is 5.80. The second kappa shape index (κ2) is 6.67. The van der Waals surface area contributed by atoms with Gasteiger partial charge in [-0.05, 0) is 24.6 Å². The molecule has 1 aromatic rings. The van der Waals surface area contributed by atoms with Crippen LogP contribution in [0.2, 0.25) is 5.02 Å². The van der Waals surface area contributed by atoms with Crippen molar-refractivity contribution in [2.24, 2.45) is 0 Å². The molecule has 0 bridgehead atoms. The molecular formula is C11H16ClNO2. The Morgan fingerprint density at radius 3 is 2.67 bits per heavy atom. The molecule has 84 valence electrons. The van der Waals surface area contributed by atoms with E-state index in [4.69, 9.17) is 26.8 Å². The molecule has 0 aliphatic heterocycles. The Morgan fingerprint density at radius 1 is 1.27 bits per heavy atom. The molecule has 0 amide bonds. The van der Waals surface area contributed by atoms with Gasteiger partial charge in [-0.15, -0.1) is 0 Å². The molecule has 3 nitrogen and oxygen atoms in total. The molecular weight excluding hydrogens is 214 g/mol. The first-order valence-corrected chi connectivity index (χ1v) is 5.31. The molecule has 0 fully saturated rings. The first-order valence-electron chi connectivity index (χ1n) is 4.93. The average molecular weight is 230 g/mol. The Hall–Kier alpha value is -0.770. The van der Waals surface area contributed by atoms with Gasteiger partial charge in [0.05, 0.1) is 30.5 Å². The number of rotatable bonds is 6. The van der Waals surface area contributed by atoms with E-state index in [1.165, 1.54) is 0 Å². The smallest absolute Gasteiger partial charge is 0.0718 e. The molecule has 4 heteroatoms. The van der Waals surface area contributed by atoms with Crippen LogP contribution in [0.5, 0.6) is 0 Å². The van der Waals surface area contributed by atoms with E-state index >= 15 is 0 Å². The number of nitrogen functional groups attached to an aromatic ring is 1. The van der Waals surface area contributed by atoms with Gasteiger partial charge < -0.3 is 15.2 Å². The normalized spacial score (nSPS) is 10.5. The SMILES string of the molecule is CCOCCOCc1ccc(Cl)c(N)c1. The summed E-state index contributed by atoms with van der Waals surface area (Å²) in [6.07, 6.45) is 0. The Labute approximate surface area is 95.1 Å². The lowest BCUT2D eigenvalue weighted by atomic mass is 10.2. The number of benzene rings is 1. The van der Waals surface area contributed by atoms with Gasteiger partial charge in [0.2, 0.25) is 0 Å². The maximum absolute atomic E-state index is 5.80. The zero-order valence-electron chi connectivity index (χ0n) is 8.83. The predicted molar refractivity (Wildman–Crippen MR) is 62.0 cm³/mol. The maximum atomic E-state index is 5.80. The standard InChI is InChI=1S/C11H16ClNO2/c1-2-14-5-6-15-8-9-3-4-10(12)11(13)7-9/h3-4,7H,2,5-6,8,13H2,1H3. The topological polar surface area (TPSA) is 44.5 Å². The molecule has 0 aliphatic carbocycles. The summed E-state index contributed by atoms with van der Waals surface area (Å²) in [6.45, 7) is 4.43. The number of ether oxygens (including phenoxy) is 2. The minimum atomic E-state index is 0.536. The molecule has 0 aromatic heterocycles. The van der Waals surface area contributed by atoms with Crippen LogP contribution in [0.25, 0.3) is 0 Å². The quantitative estimate of drug-likeness (QED) is 0.602. The molecule has 2 N–H and O–H groups in total. The summed E-state index contributed by atoms with van der Waals surface area (Å²) in [6, 6.07) is 5.50. The molecule has 0 saturated heterocycles. The van der Waals surface area contributed by atoms with Crippen LogP contribution in [0.15, 0.2) is 18.2 Å². The third-order valence-corrected chi connectivity index (χ3v) is 2.25. The van der Waals surface area contributed by atoms with E-state index in [-0.39, 0.29) is 0 Å². The molecule has 0 aliphatic rings. The van der Waals surface area contributed by atoms with Gasteiger partial charge in [0, 0.05) is 6.61 Å². The third kappa shape index (κ3) is 4.51. The number of nitrogens with two attached hydrogens (primary N) is 1. The molecule has 1 aromatic carbocycles. The first kappa shape index (κ1) is 12.3. The average Bonchev–Trinajstić information content (AvgIpc) is 2.23. The van der Waals surface area contributed by atoms with E-state index in [1.54, 1.807) is 6.07 Å². The molecule has 15 heavy (non-hydrogen) atoms. The van der Waals surface area contributed by atoms with Crippen LogP contribution in [0.3, 0.4) is 0 Å². The summed E-state index contributed by atoms with van der Waals surface area (Å²) in [5.74, 6) is 0. The number of hydrogen-bond donors (Lipinski definition) is 1. The van der Waals surface area contributed by atoms with E-state index in [0.717, 1.165) is 12.2 Å². The van der Waals surface area contributed by atoms with Crippen LogP contribution < -0.4 is 5.73 Å². The fraction of sp³-hybridized carbons (Fsp3) is 0.455. The fourth-order valence-corrected chi connectivity index (χ4v) is 1.25. The van der Waals surface area contributed by atoms with Gasteiger partial charge in [-0.2, -0.15) is 0 Å². The van der Waals surface area contributed by atoms with E-state index in [0.29, 0.717) is 30.5 Å². The van der Waals surface area contributed by atoms with Crippen LogP contribution in [0, 0.1) is 0 Å². The maximum Gasteiger partial charge on any atom is 0.0718 e. The molecule has 0 radical (unpaired) electrons. The second-order valence-electron chi connectivity index (χ2n) is 3.11. The van der Waals surface area contributed by atoms with E-state index in [2.05, 4.69) is 0 Å². The zero-order chi connectivity index (χ0) is 11.1. The Kier molecular flexibility index (Phi) is 5.47. The number of anilines is 1. The van der Waals surface area contributed by atoms with Crippen LogP contribution in [0.1, 0.15) is 12.5 Å². The third-order valence-electron chi connectivity index (χ3n) is 1.91. The van der Waals surface area contributed by atoms with Crippen molar-refractivity contribution in [2.75, 3.05) is 25.6 Å². The highest BCUT2D eigenvalue weighted by Gasteiger charge is 1.98. The zero-order valence-corrected chi connectivity index (χ0v) is 9.59. The van der Waals surface area contributed by atoms with Crippen LogP contribution in [-0.2, 0) is 16.1 Å². The van der Waals surface area contributed by atoms with E-state index in [1.807, 2.05) is 19.1 Å². The van der Waals surface area contributed by atoms with Crippen molar-refractivity contribution in [1.29, 1.82) is 0 Å². The van der Waals surface area contributed by atoms with Gasteiger partial charge in [0.1, 0.15) is 0 Å². The summed E-state index contributed by atoms with van der Waals surface area (Å²) in [5.41, 5.74) is 7.27. The Balaban J connectivity index is 2.28. The largest absolute Gasteiger partial charge is 0.398 e. The van der Waals surface area contributed by atoms with Gasteiger partial charge >= 0.3 is 0 Å². The molecule has 0 heterocycles. The van der Waals surface area contributed by atoms with Crippen LogP contribution >= 0.6 is 11.6 Å². The highest BCUT2D eigenvalue weighted by molar-refractivity contribution is 6.33. The summed E-state index contributed by atoms with van der Waals surface area (Å²) in [5, 5.41) is 0.577. The van der Waals surface area contributed by atoms with Crippen LogP contribution in [0.4, 0.5) is 5.69 Å². The van der Waals surface area contributed by atoms with E-state index < -0.39 is 0 Å². The molecule has 0 atom stereocenters. The van der Waals surface area contributed by atoms with E-state index in [9.17, 15) is 0 Å². The minimum Gasteiger partial charge on any atom is -0.398 e. The Morgan fingerprint density at radius 2 is 2.00 bits per heavy atom. The van der Waals surface area contributed by atoms with Crippen molar-refractivity contribution in [3.8, 4) is 0 Å². The summed E-state index contributed by atoms with van der Waals surface area (Å²) < 4.78 is 10.5. The highest BCUT2D eigenvalue weighted by atomic mass is 35.5. The highest BCUT2D eigenvalue weighted by Crippen LogP contribution is 2.19. The second-order valence-corrected chi connectivity index (χ2v) is 3.51. The molecule has 0 spiro atoms. The van der Waals surface area contributed by atoms with Crippen molar-refractivity contribution in [3.63, 3.8) is 0 Å². The molecule has 1 rings (SSSR count). The van der Waals surface area contributed by atoms with Gasteiger partial charge in [-0.1, -0.05) is 17.7 Å². The first-order chi connectivity index (χ1) is 7.24. The number of hydrogen-bond acceptors (Lipinski definition) is 3. The summed E-state index contributed by atoms with van der Waals surface area (Å²) in [4.78, 5) is 0. The fourth-order valence-electron chi connectivity index (χ4n) is 1.14. The monoisotopic (exact) mass is 229 g/mol. The van der Waals surface area contributed by atoms with Gasteiger partial charge in [0.25, 0.3) is 0 Å². The lowest BCUT2D eigenvalue weighted by Gasteiger charge is -2.06. The number of halogens is 1. The van der Waals surface area contributed by atoms with Gasteiger partial charge in [-0.25, -0.2) is 0 Å². The van der Waals surface area contributed by atoms with Gasteiger partial charge in [-0.3, -0.25) is 0 Å². The lowest BCUT2D eigenvalue weighted by Crippen LogP contribution is -2.04. The van der Waals surface area contributed by atoms with Crippen molar-refractivity contribution in [1.82, 2.24) is 0 Å². The molecule has 0 unspecified atom stereocenters.